The Labute approximate surface area is 117 Å². The molecule has 1 saturated heterocycles. The van der Waals surface area contributed by atoms with Crippen LogP contribution in [-0.2, 0) is 4.74 Å². The Morgan fingerprint density at radius 1 is 1.32 bits per heavy atom. The van der Waals surface area contributed by atoms with Gasteiger partial charge in [-0.2, -0.15) is 5.26 Å². The Kier molecular flexibility index (Phi) is 6.25. The molecule has 0 amide bonds. The number of nitriles is 1. The van der Waals surface area contributed by atoms with Gasteiger partial charge in [0.05, 0.1) is 17.1 Å². The van der Waals surface area contributed by atoms with Gasteiger partial charge in [-0.15, -0.1) is 0 Å². The fourth-order valence-corrected chi connectivity index (χ4v) is 2.50. The van der Waals surface area contributed by atoms with Crippen LogP contribution in [0.4, 0.5) is 0 Å². The van der Waals surface area contributed by atoms with Crippen LogP contribution < -0.4 is 0 Å². The molecule has 0 aromatic carbocycles. The zero-order valence-electron chi connectivity index (χ0n) is 12.6. The van der Waals surface area contributed by atoms with E-state index in [1.807, 2.05) is 13.8 Å². The van der Waals surface area contributed by atoms with Crippen molar-refractivity contribution in [1.29, 1.82) is 5.26 Å². The highest BCUT2D eigenvalue weighted by atomic mass is 16.5. The molecule has 0 saturated carbocycles. The van der Waals surface area contributed by atoms with E-state index in [9.17, 15) is 5.11 Å². The van der Waals surface area contributed by atoms with Crippen molar-refractivity contribution in [3.63, 3.8) is 0 Å². The first-order valence-electron chi connectivity index (χ1n) is 7.27. The van der Waals surface area contributed by atoms with E-state index < -0.39 is 5.60 Å². The minimum absolute atomic E-state index is 0.211. The van der Waals surface area contributed by atoms with Crippen molar-refractivity contribution in [1.82, 2.24) is 4.90 Å². The van der Waals surface area contributed by atoms with E-state index >= 15 is 0 Å². The smallest absolute Gasteiger partial charge is 0.0817 e. The molecule has 0 radical (unpaired) electrons. The summed E-state index contributed by atoms with van der Waals surface area (Å²) in [5.74, 6) is 0. The predicted molar refractivity (Wildman–Crippen MR) is 75.7 cm³/mol. The van der Waals surface area contributed by atoms with Gasteiger partial charge in [-0.25, -0.2) is 0 Å². The second-order valence-electron chi connectivity index (χ2n) is 6.53. The average Bonchev–Trinajstić information content (AvgIpc) is 2.35. The van der Waals surface area contributed by atoms with Crippen molar-refractivity contribution >= 4 is 0 Å². The molecule has 1 aliphatic rings. The van der Waals surface area contributed by atoms with Gasteiger partial charge in [-0.05, 0) is 40.3 Å². The molecule has 0 aromatic heterocycles. The highest BCUT2D eigenvalue weighted by molar-refractivity contribution is 4.91. The molecule has 4 heteroatoms. The van der Waals surface area contributed by atoms with E-state index in [2.05, 4.69) is 18.0 Å². The molecule has 19 heavy (non-hydrogen) atoms. The van der Waals surface area contributed by atoms with Crippen molar-refractivity contribution in [2.24, 2.45) is 5.41 Å². The molecule has 1 aliphatic heterocycles. The van der Waals surface area contributed by atoms with Gasteiger partial charge < -0.3 is 14.7 Å². The van der Waals surface area contributed by atoms with Crippen LogP contribution in [0.15, 0.2) is 0 Å². The molecule has 0 unspecified atom stereocenters. The van der Waals surface area contributed by atoms with Crippen LogP contribution in [0, 0.1) is 16.7 Å². The molecular formula is C15H28N2O2. The minimum Gasteiger partial charge on any atom is -0.388 e. The summed E-state index contributed by atoms with van der Waals surface area (Å²) in [6.07, 6.45) is 4.55. The van der Waals surface area contributed by atoms with Crippen LogP contribution in [0.25, 0.3) is 0 Å². The molecule has 0 bridgehead atoms. The van der Waals surface area contributed by atoms with Gasteiger partial charge in [-0.3, -0.25) is 0 Å². The van der Waals surface area contributed by atoms with E-state index in [1.54, 1.807) is 0 Å². The Hall–Kier alpha value is -0.630. The number of nitrogens with zero attached hydrogens (tertiary/aromatic N) is 2. The lowest BCUT2D eigenvalue weighted by Crippen LogP contribution is -2.45. The first kappa shape index (κ1) is 16.4. The maximum absolute atomic E-state index is 10.4. The van der Waals surface area contributed by atoms with Crippen LogP contribution in [0.1, 0.15) is 46.0 Å². The number of unbranched alkanes of at least 4 members (excludes halogenated alkanes) is 1. The zero-order chi connectivity index (χ0) is 14.4. The summed E-state index contributed by atoms with van der Waals surface area (Å²) in [6.45, 7) is 7.01. The van der Waals surface area contributed by atoms with E-state index in [1.165, 1.54) is 0 Å². The summed E-state index contributed by atoms with van der Waals surface area (Å²) in [5.41, 5.74) is -0.781. The summed E-state index contributed by atoms with van der Waals surface area (Å²) in [6, 6.07) is 2.33. The third-order valence-electron chi connectivity index (χ3n) is 3.88. The summed E-state index contributed by atoms with van der Waals surface area (Å²) in [7, 11) is 2.06. The quantitative estimate of drug-likeness (QED) is 0.719. The summed E-state index contributed by atoms with van der Waals surface area (Å²) >= 11 is 0. The topological polar surface area (TPSA) is 56.5 Å². The van der Waals surface area contributed by atoms with Gasteiger partial charge in [-0.1, -0.05) is 6.42 Å². The molecule has 1 N–H and O–H groups in total. The third-order valence-corrected chi connectivity index (χ3v) is 3.88. The van der Waals surface area contributed by atoms with Crippen molar-refractivity contribution < 1.29 is 9.84 Å². The Morgan fingerprint density at radius 3 is 2.53 bits per heavy atom. The second kappa shape index (κ2) is 7.23. The molecule has 0 aliphatic carbocycles. The summed E-state index contributed by atoms with van der Waals surface area (Å²) < 4.78 is 5.29. The number of hydrogen-bond acceptors (Lipinski definition) is 4. The first-order valence-corrected chi connectivity index (χ1v) is 7.27. The highest BCUT2D eigenvalue weighted by Gasteiger charge is 2.30. The fourth-order valence-electron chi connectivity index (χ4n) is 2.50. The predicted octanol–water partition coefficient (Wildman–Crippen LogP) is 2.18. The van der Waals surface area contributed by atoms with Gasteiger partial charge in [0.15, 0.2) is 0 Å². The second-order valence-corrected chi connectivity index (χ2v) is 6.53. The van der Waals surface area contributed by atoms with Crippen LogP contribution in [-0.4, -0.2) is 49.0 Å². The Morgan fingerprint density at radius 2 is 1.95 bits per heavy atom. The molecular weight excluding hydrogens is 240 g/mol. The van der Waals surface area contributed by atoms with E-state index in [-0.39, 0.29) is 5.41 Å². The molecule has 0 aromatic rings. The van der Waals surface area contributed by atoms with Crippen LogP contribution in [0.5, 0.6) is 0 Å². The number of likely N-dealkylation sites (N-methyl/N-ethyl adjacent to an activating group) is 1. The van der Waals surface area contributed by atoms with Crippen LogP contribution in [0.2, 0.25) is 0 Å². The largest absolute Gasteiger partial charge is 0.388 e. The zero-order valence-corrected chi connectivity index (χ0v) is 12.6. The minimum atomic E-state index is -0.571. The molecule has 4 nitrogen and oxygen atoms in total. The standard InChI is InChI=1S/C15H28N2O2/c1-14(2,12-16)6-4-5-9-17(3)13-15(18)7-10-19-11-8-15/h18H,4-11,13H2,1-3H3. The molecule has 110 valence electrons. The molecule has 0 spiro atoms. The summed E-state index contributed by atoms with van der Waals surface area (Å²) in [5, 5.41) is 19.3. The van der Waals surface area contributed by atoms with Gasteiger partial charge in [0.25, 0.3) is 0 Å². The van der Waals surface area contributed by atoms with Gasteiger partial charge >= 0.3 is 0 Å². The lowest BCUT2D eigenvalue weighted by Gasteiger charge is -2.35. The third kappa shape index (κ3) is 6.38. The number of hydrogen-bond donors (Lipinski definition) is 1. The molecule has 1 fully saturated rings. The van der Waals surface area contributed by atoms with Crippen molar-refractivity contribution in [2.75, 3.05) is 33.4 Å². The summed E-state index contributed by atoms with van der Waals surface area (Å²) in [4.78, 5) is 2.20. The SMILES string of the molecule is CN(CCCCC(C)(C)C#N)CC1(O)CCOCC1. The normalized spacial score (nSPS) is 19.4. The van der Waals surface area contributed by atoms with Crippen LogP contribution >= 0.6 is 0 Å². The van der Waals surface area contributed by atoms with Gasteiger partial charge in [0.1, 0.15) is 0 Å². The average molecular weight is 268 g/mol. The Balaban J connectivity index is 2.17. The lowest BCUT2D eigenvalue weighted by atomic mass is 9.89. The molecule has 1 heterocycles. The van der Waals surface area contributed by atoms with Crippen molar-refractivity contribution in [3.8, 4) is 6.07 Å². The first-order chi connectivity index (χ1) is 8.87. The van der Waals surface area contributed by atoms with Crippen molar-refractivity contribution in [3.05, 3.63) is 0 Å². The number of aliphatic hydroxyl groups is 1. The lowest BCUT2D eigenvalue weighted by molar-refractivity contribution is -0.0769. The maximum atomic E-state index is 10.4. The highest BCUT2D eigenvalue weighted by Crippen LogP contribution is 2.23. The van der Waals surface area contributed by atoms with E-state index in [0.717, 1.165) is 45.2 Å². The van der Waals surface area contributed by atoms with E-state index in [4.69, 9.17) is 10.00 Å². The van der Waals surface area contributed by atoms with Gasteiger partial charge in [0, 0.05) is 32.6 Å². The monoisotopic (exact) mass is 268 g/mol. The molecule has 1 rings (SSSR count). The van der Waals surface area contributed by atoms with E-state index in [0.29, 0.717) is 13.2 Å². The Bertz CT molecular complexity index is 304. The van der Waals surface area contributed by atoms with Gasteiger partial charge in [0.2, 0.25) is 0 Å². The number of ether oxygens (including phenoxy) is 1. The maximum Gasteiger partial charge on any atom is 0.0817 e. The van der Waals surface area contributed by atoms with Crippen molar-refractivity contribution in [2.45, 2.75) is 51.6 Å². The van der Waals surface area contributed by atoms with Crippen LogP contribution in [0.3, 0.4) is 0 Å². The molecule has 0 atom stereocenters. The fraction of sp³-hybridized carbons (Fsp3) is 0.933. The number of rotatable bonds is 7.